The van der Waals surface area contributed by atoms with E-state index in [0.717, 1.165) is 0 Å². The molecule has 3 aromatic carbocycles. The third-order valence-corrected chi connectivity index (χ3v) is 7.00. The molecule has 1 aliphatic rings. The number of esters is 1. The molecule has 8 nitrogen and oxygen atoms in total. The molecule has 0 fully saturated rings. The molecule has 1 amide bonds. The van der Waals surface area contributed by atoms with Gasteiger partial charge in [0, 0.05) is 46.3 Å². The second-order valence-corrected chi connectivity index (χ2v) is 11.7. The first-order chi connectivity index (χ1) is 20.0. The van der Waals surface area contributed by atoms with Gasteiger partial charge in [0.1, 0.15) is 11.4 Å². The molecule has 3 aromatic rings. The third-order valence-electron chi connectivity index (χ3n) is 6.44. The van der Waals surface area contributed by atoms with Crippen LogP contribution in [-0.4, -0.2) is 47.2 Å². The van der Waals surface area contributed by atoms with Crippen molar-refractivity contribution < 1.29 is 28.9 Å². The number of ether oxygens (including phenoxy) is 3. The number of halogens is 2. The highest BCUT2D eigenvalue weighted by Gasteiger charge is 2.54. The van der Waals surface area contributed by atoms with Crippen LogP contribution in [0.25, 0.3) is 0 Å². The Morgan fingerprint density at radius 1 is 1.05 bits per heavy atom. The van der Waals surface area contributed by atoms with Crippen molar-refractivity contribution in [2.45, 2.75) is 57.3 Å². The number of carbonyl (C=O) groups excluding carboxylic acids is 2. The zero-order valence-electron chi connectivity index (χ0n) is 23.7. The molecule has 0 aliphatic carbocycles. The molecule has 10 heteroatoms. The smallest absolute Gasteiger partial charge is 0.306 e. The zero-order valence-corrected chi connectivity index (χ0v) is 25.2. The van der Waals surface area contributed by atoms with E-state index in [9.17, 15) is 9.59 Å². The van der Waals surface area contributed by atoms with E-state index >= 15 is 0 Å². The number of hydrogen-bond acceptors (Lipinski definition) is 7. The molecule has 0 spiro atoms. The van der Waals surface area contributed by atoms with Crippen molar-refractivity contribution in [3.8, 4) is 5.75 Å². The van der Waals surface area contributed by atoms with Crippen molar-refractivity contribution in [3.05, 3.63) is 94.0 Å². The van der Waals surface area contributed by atoms with Gasteiger partial charge in [0.25, 0.3) is 5.91 Å². The van der Waals surface area contributed by atoms with Gasteiger partial charge in [-0.15, -0.1) is 0 Å². The molecule has 0 radical (unpaired) electrons. The van der Waals surface area contributed by atoms with Crippen LogP contribution in [0.1, 0.15) is 57.3 Å². The summed E-state index contributed by atoms with van der Waals surface area (Å²) in [6.45, 7) is 5.76. The summed E-state index contributed by atoms with van der Waals surface area (Å²) >= 11 is 12.8. The Labute approximate surface area is 255 Å². The minimum Gasteiger partial charge on any atom is -0.494 e. The van der Waals surface area contributed by atoms with E-state index in [1.54, 1.807) is 87.5 Å². The van der Waals surface area contributed by atoms with Gasteiger partial charge in [0.2, 0.25) is 5.90 Å². The number of amides is 1. The van der Waals surface area contributed by atoms with Crippen LogP contribution in [0.2, 0.25) is 10.0 Å². The Balaban J connectivity index is 1.77. The zero-order chi connectivity index (χ0) is 30.3. The molecule has 4 rings (SSSR count). The van der Waals surface area contributed by atoms with Crippen molar-refractivity contribution >= 4 is 46.7 Å². The summed E-state index contributed by atoms with van der Waals surface area (Å²) in [5, 5.41) is 12.7. The number of aliphatic imine (C=N–C) groups is 1. The first kappa shape index (κ1) is 31.3. The molecule has 0 aromatic heterocycles. The maximum absolute atomic E-state index is 14.2. The topological polar surface area (TPSA) is 106 Å². The fourth-order valence-electron chi connectivity index (χ4n) is 4.51. The largest absolute Gasteiger partial charge is 0.494 e. The van der Waals surface area contributed by atoms with Crippen molar-refractivity contribution in [2.24, 2.45) is 4.99 Å². The lowest BCUT2D eigenvalue weighted by molar-refractivity contribution is -0.155. The van der Waals surface area contributed by atoms with Crippen LogP contribution in [0.5, 0.6) is 5.75 Å². The predicted molar refractivity (Wildman–Crippen MR) is 163 cm³/mol. The van der Waals surface area contributed by atoms with E-state index in [-0.39, 0.29) is 25.3 Å². The number of anilines is 1. The minimum atomic E-state index is -1.59. The number of hydrogen-bond donors (Lipinski definition) is 2. The lowest BCUT2D eigenvalue weighted by Gasteiger charge is -2.31. The molecule has 1 aliphatic heterocycles. The molecule has 42 heavy (non-hydrogen) atoms. The summed E-state index contributed by atoms with van der Waals surface area (Å²) in [5.41, 5.74) is -0.622. The van der Waals surface area contributed by atoms with Crippen molar-refractivity contribution in [1.29, 1.82) is 0 Å². The first-order valence-electron chi connectivity index (χ1n) is 13.6. The number of nitrogens with zero attached hydrogens (tertiary/aromatic N) is 1. The summed E-state index contributed by atoms with van der Waals surface area (Å²) in [5.74, 6) is -0.114. The monoisotopic (exact) mass is 612 g/mol. The molecular formula is C32H34Cl2N2O6. The van der Waals surface area contributed by atoms with Gasteiger partial charge in [0.05, 0.1) is 6.61 Å². The number of para-hydroxylation sites is 1. The predicted octanol–water partition coefficient (Wildman–Crippen LogP) is 6.77. The van der Waals surface area contributed by atoms with E-state index in [2.05, 4.69) is 5.32 Å². The Morgan fingerprint density at radius 2 is 1.76 bits per heavy atom. The summed E-state index contributed by atoms with van der Waals surface area (Å²) in [6, 6.07) is 21.0. The van der Waals surface area contributed by atoms with Gasteiger partial charge in [-0.1, -0.05) is 47.5 Å². The molecule has 2 N–H and O–H groups in total. The highest BCUT2D eigenvalue weighted by atomic mass is 35.5. The molecule has 2 atom stereocenters. The van der Waals surface area contributed by atoms with Crippen LogP contribution in [0, 0.1) is 0 Å². The summed E-state index contributed by atoms with van der Waals surface area (Å²) in [7, 11) is 0. The van der Waals surface area contributed by atoms with Crippen molar-refractivity contribution in [3.63, 3.8) is 0 Å². The van der Waals surface area contributed by atoms with E-state index in [1.807, 2.05) is 6.07 Å². The van der Waals surface area contributed by atoms with Gasteiger partial charge in [0.15, 0.2) is 11.6 Å². The molecule has 0 saturated heterocycles. The SMILES string of the molecule is CC(C)(C)OC(=O)CC[C@@]1(C(=O)Nc2ccccc2)N=C(c2ccc(OCCCO)cc2)O[C@@H]1c1ccc(Cl)cc1Cl. The van der Waals surface area contributed by atoms with Gasteiger partial charge in [-0.25, -0.2) is 4.99 Å². The van der Waals surface area contributed by atoms with Gasteiger partial charge in [-0.05, 0) is 75.7 Å². The van der Waals surface area contributed by atoms with Gasteiger partial charge in [-0.3, -0.25) is 9.59 Å². The Kier molecular flexibility index (Phi) is 10.1. The highest BCUT2D eigenvalue weighted by molar-refractivity contribution is 6.35. The molecule has 0 saturated carbocycles. The highest BCUT2D eigenvalue weighted by Crippen LogP contribution is 2.46. The number of aliphatic hydroxyl groups is 1. The summed E-state index contributed by atoms with van der Waals surface area (Å²) in [6.07, 6.45) is -0.587. The Bertz CT molecular complexity index is 1420. The number of nitrogens with one attached hydrogen (secondary N) is 1. The number of benzene rings is 3. The summed E-state index contributed by atoms with van der Waals surface area (Å²) in [4.78, 5) is 32.0. The van der Waals surface area contributed by atoms with Crippen LogP contribution in [0.3, 0.4) is 0 Å². The van der Waals surface area contributed by atoms with Crippen molar-refractivity contribution in [1.82, 2.24) is 0 Å². The van der Waals surface area contributed by atoms with Gasteiger partial charge in [-0.2, -0.15) is 0 Å². The lowest BCUT2D eigenvalue weighted by atomic mass is 9.83. The normalized spacial score (nSPS) is 18.1. The number of carbonyl (C=O) groups is 2. The molecule has 222 valence electrons. The van der Waals surface area contributed by atoms with Crippen LogP contribution in [0.4, 0.5) is 5.69 Å². The molecular weight excluding hydrogens is 579 g/mol. The van der Waals surface area contributed by atoms with Crippen LogP contribution in [0.15, 0.2) is 77.8 Å². The summed E-state index contributed by atoms with van der Waals surface area (Å²) < 4.78 is 17.6. The third kappa shape index (κ3) is 7.82. The van der Waals surface area contributed by atoms with E-state index in [1.165, 1.54) is 0 Å². The van der Waals surface area contributed by atoms with Gasteiger partial charge >= 0.3 is 5.97 Å². The maximum Gasteiger partial charge on any atom is 0.306 e. The number of aliphatic hydroxyl groups excluding tert-OH is 1. The van der Waals surface area contributed by atoms with Crippen molar-refractivity contribution in [2.75, 3.05) is 18.5 Å². The fraction of sp³-hybridized carbons (Fsp3) is 0.344. The van der Waals surface area contributed by atoms with E-state index in [4.69, 9.17) is 47.5 Å². The average molecular weight is 614 g/mol. The van der Waals surface area contributed by atoms with Crippen LogP contribution >= 0.6 is 23.2 Å². The molecule has 0 bridgehead atoms. The number of rotatable bonds is 11. The van der Waals surface area contributed by atoms with E-state index in [0.29, 0.717) is 45.6 Å². The average Bonchev–Trinajstić information content (AvgIpc) is 3.33. The maximum atomic E-state index is 14.2. The second kappa shape index (κ2) is 13.6. The Morgan fingerprint density at radius 3 is 2.40 bits per heavy atom. The molecule has 1 heterocycles. The van der Waals surface area contributed by atoms with Crippen LogP contribution < -0.4 is 10.1 Å². The molecule has 0 unspecified atom stereocenters. The lowest BCUT2D eigenvalue weighted by Crippen LogP contribution is -2.45. The van der Waals surface area contributed by atoms with Crippen LogP contribution in [-0.2, 0) is 19.1 Å². The quantitative estimate of drug-likeness (QED) is 0.183. The fourth-order valence-corrected chi connectivity index (χ4v) is 5.02. The first-order valence-corrected chi connectivity index (χ1v) is 14.4. The van der Waals surface area contributed by atoms with Gasteiger partial charge < -0.3 is 24.6 Å². The second-order valence-electron chi connectivity index (χ2n) is 10.9. The van der Waals surface area contributed by atoms with E-state index < -0.39 is 29.1 Å². The Hall–Kier alpha value is -3.59. The standard InChI is InChI=1S/C32H34Cl2N2O6/c1-31(2,3)42-27(38)16-17-32(30(39)35-23-8-5-4-6-9-23)28(25-15-12-22(33)20-26(25)34)41-29(36-32)21-10-13-24(14-11-21)40-19-7-18-37/h4-6,8-15,20,28,37H,7,16-19H2,1-3H3,(H,35,39)/t28-,32-/m1/s1. The minimum absolute atomic E-state index is 0.0178.